The Morgan fingerprint density at radius 1 is 1.19 bits per heavy atom. The second kappa shape index (κ2) is 9.04. The number of ether oxygens (including phenoxy) is 2. The maximum atomic E-state index is 12.7. The van der Waals surface area contributed by atoms with Gasteiger partial charge in [0.15, 0.2) is 11.5 Å². The summed E-state index contributed by atoms with van der Waals surface area (Å²) < 4.78 is 11.3. The summed E-state index contributed by atoms with van der Waals surface area (Å²) in [5, 5.41) is 12.9. The van der Waals surface area contributed by atoms with Crippen LogP contribution in [0.1, 0.15) is 51.4 Å². The lowest BCUT2D eigenvalue weighted by molar-refractivity contribution is -0.116. The van der Waals surface area contributed by atoms with Gasteiger partial charge in [-0.2, -0.15) is 0 Å². The molecule has 0 spiro atoms. The first-order chi connectivity index (χ1) is 15.4. The number of thiophene rings is 1. The predicted molar refractivity (Wildman–Crippen MR) is 125 cm³/mol. The topological polar surface area (TPSA) is 84.9 Å². The van der Waals surface area contributed by atoms with Crippen LogP contribution in [-0.4, -0.2) is 30.7 Å². The molecule has 1 amide bonds. The van der Waals surface area contributed by atoms with Crippen LogP contribution in [0.5, 0.6) is 11.5 Å². The van der Waals surface area contributed by atoms with E-state index in [4.69, 9.17) is 9.47 Å². The molecule has 7 heteroatoms. The normalized spacial score (nSPS) is 15.1. The fraction of sp³-hybridized carbons (Fsp3) is 0.280. The van der Waals surface area contributed by atoms with Crippen LogP contribution in [0.3, 0.4) is 0 Å². The summed E-state index contributed by atoms with van der Waals surface area (Å²) in [6.07, 6.45) is 1.12. The summed E-state index contributed by atoms with van der Waals surface area (Å²) in [7, 11) is 1.58. The number of amides is 1. The van der Waals surface area contributed by atoms with Crippen molar-refractivity contribution in [2.24, 2.45) is 0 Å². The number of fused-ring (bicyclic) bond motifs is 1. The molecule has 0 saturated heterocycles. The van der Waals surface area contributed by atoms with Crippen LogP contribution >= 0.6 is 11.3 Å². The molecule has 4 rings (SSSR count). The van der Waals surface area contributed by atoms with Gasteiger partial charge in [0.1, 0.15) is 4.88 Å². The van der Waals surface area contributed by atoms with Crippen LogP contribution in [0, 0.1) is 6.92 Å². The fourth-order valence-corrected chi connectivity index (χ4v) is 5.18. The molecule has 0 radical (unpaired) electrons. The summed E-state index contributed by atoms with van der Waals surface area (Å²) in [4.78, 5) is 25.8. The molecule has 166 valence electrons. The first-order valence-corrected chi connectivity index (χ1v) is 11.3. The van der Waals surface area contributed by atoms with Gasteiger partial charge in [0.25, 0.3) is 0 Å². The minimum atomic E-state index is -1.01. The zero-order valence-electron chi connectivity index (χ0n) is 18.2. The molecule has 1 atom stereocenters. The Morgan fingerprint density at radius 3 is 2.59 bits per heavy atom. The van der Waals surface area contributed by atoms with E-state index >= 15 is 0 Å². The monoisotopic (exact) mass is 451 g/mol. The number of benzene rings is 2. The molecule has 1 aromatic heterocycles. The lowest BCUT2D eigenvalue weighted by Gasteiger charge is -2.24. The highest BCUT2D eigenvalue weighted by Crippen LogP contribution is 2.50. The van der Waals surface area contributed by atoms with Crippen molar-refractivity contribution in [2.75, 3.05) is 19.0 Å². The van der Waals surface area contributed by atoms with Gasteiger partial charge in [-0.1, -0.05) is 42.8 Å². The van der Waals surface area contributed by atoms with Crippen LogP contribution in [0.2, 0.25) is 0 Å². The molecule has 3 aromatic rings. The Balaban J connectivity index is 1.83. The number of nitrogens with one attached hydrogen (secondary N) is 1. The third-order valence-corrected chi connectivity index (χ3v) is 6.78. The van der Waals surface area contributed by atoms with Crippen LogP contribution in [0.15, 0.2) is 42.5 Å². The van der Waals surface area contributed by atoms with E-state index in [0.29, 0.717) is 29.4 Å². The number of hydrogen-bond donors (Lipinski definition) is 2. The molecule has 1 unspecified atom stereocenters. The van der Waals surface area contributed by atoms with Crippen LogP contribution in [0.25, 0.3) is 11.1 Å². The summed E-state index contributed by atoms with van der Waals surface area (Å²) in [6.45, 7) is 4.59. The number of aryl methyl sites for hydroxylation is 1. The highest BCUT2D eigenvalue weighted by Gasteiger charge is 2.34. The first-order valence-electron chi connectivity index (χ1n) is 10.5. The largest absolute Gasteiger partial charge is 0.493 e. The number of anilines is 1. The smallest absolute Gasteiger partial charge is 0.346 e. The molecule has 0 bridgehead atoms. The van der Waals surface area contributed by atoms with Crippen molar-refractivity contribution in [3.05, 3.63) is 63.3 Å². The lowest BCUT2D eigenvalue weighted by Crippen LogP contribution is -2.22. The third-order valence-electron chi connectivity index (χ3n) is 5.49. The Labute approximate surface area is 190 Å². The number of carbonyl (C=O) groups excluding carboxylic acids is 1. The molecule has 1 aliphatic heterocycles. The maximum Gasteiger partial charge on any atom is 0.346 e. The Kier molecular flexibility index (Phi) is 6.19. The number of aromatic carboxylic acids is 1. The Morgan fingerprint density at radius 2 is 1.94 bits per heavy atom. The summed E-state index contributed by atoms with van der Waals surface area (Å²) in [5.41, 5.74) is 3.88. The third kappa shape index (κ3) is 4.08. The Hall–Kier alpha value is -3.32. The molecular formula is C25H25NO5S. The van der Waals surface area contributed by atoms with E-state index in [0.717, 1.165) is 28.0 Å². The molecule has 32 heavy (non-hydrogen) atoms. The lowest BCUT2D eigenvalue weighted by atomic mass is 9.88. The van der Waals surface area contributed by atoms with E-state index in [-0.39, 0.29) is 23.1 Å². The average molecular weight is 452 g/mol. The summed E-state index contributed by atoms with van der Waals surface area (Å²) >= 11 is 1.22. The van der Waals surface area contributed by atoms with Crippen molar-refractivity contribution in [2.45, 2.75) is 32.6 Å². The standard InChI is InChI=1S/C25H25NO5S/c1-4-11-31-18-10-9-16(12-19(18)30-3)17-13-20(27)26-22-21(15-7-5-14(2)6-8-15)24(25(28)29)32-23(17)22/h5-10,12,17H,4,11,13H2,1-3H3,(H,26,27)(H,28,29). The highest BCUT2D eigenvalue weighted by molar-refractivity contribution is 7.15. The number of carboxylic acids is 1. The minimum absolute atomic E-state index is 0.143. The van der Waals surface area contributed by atoms with Crippen molar-refractivity contribution in [1.82, 2.24) is 0 Å². The second-order valence-electron chi connectivity index (χ2n) is 7.78. The number of hydrogen-bond acceptors (Lipinski definition) is 5. The second-order valence-corrected chi connectivity index (χ2v) is 8.83. The van der Waals surface area contributed by atoms with Gasteiger partial charge in [0.2, 0.25) is 5.91 Å². The summed E-state index contributed by atoms with van der Waals surface area (Å²) in [5.74, 6) is -0.173. The minimum Gasteiger partial charge on any atom is -0.493 e. The molecule has 2 N–H and O–H groups in total. The first kappa shape index (κ1) is 21.9. The van der Waals surface area contributed by atoms with Crippen molar-refractivity contribution in [3.63, 3.8) is 0 Å². The van der Waals surface area contributed by atoms with Gasteiger partial charge in [-0.25, -0.2) is 4.79 Å². The van der Waals surface area contributed by atoms with Gasteiger partial charge in [-0.3, -0.25) is 4.79 Å². The number of methoxy groups -OCH3 is 1. The van der Waals surface area contributed by atoms with Crippen LogP contribution < -0.4 is 14.8 Å². The van der Waals surface area contributed by atoms with Crippen molar-refractivity contribution in [1.29, 1.82) is 0 Å². The van der Waals surface area contributed by atoms with Gasteiger partial charge in [-0.05, 0) is 36.6 Å². The van der Waals surface area contributed by atoms with Gasteiger partial charge < -0.3 is 19.9 Å². The van der Waals surface area contributed by atoms with E-state index in [1.165, 1.54) is 11.3 Å². The molecule has 0 aliphatic carbocycles. The number of carboxylic acid groups (broad SMARTS) is 1. The average Bonchev–Trinajstić information content (AvgIpc) is 3.17. The number of rotatable bonds is 7. The molecule has 6 nitrogen and oxygen atoms in total. The molecule has 0 fully saturated rings. The van der Waals surface area contributed by atoms with E-state index in [2.05, 4.69) is 5.32 Å². The zero-order chi connectivity index (χ0) is 22.8. The van der Waals surface area contributed by atoms with Gasteiger partial charge >= 0.3 is 5.97 Å². The molecule has 0 saturated carbocycles. The van der Waals surface area contributed by atoms with Gasteiger partial charge in [0, 0.05) is 22.8 Å². The van der Waals surface area contributed by atoms with E-state index in [1.54, 1.807) is 7.11 Å². The zero-order valence-corrected chi connectivity index (χ0v) is 19.0. The molecular weight excluding hydrogens is 426 g/mol. The predicted octanol–water partition coefficient (Wildman–Crippen LogP) is 5.69. The Bertz CT molecular complexity index is 1170. The van der Waals surface area contributed by atoms with Gasteiger partial charge in [-0.15, -0.1) is 11.3 Å². The van der Waals surface area contributed by atoms with Crippen LogP contribution in [-0.2, 0) is 4.79 Å². The van der Waals surface area contributed by atoms with Crippen molar-refractivity contribution >= 4 is 28.9 Å². The molecule has 1 aliphatic rings. The maximum absolute atomic E-state index is 12.7. The van der Waals surface area contributed by atoms with Gasteiger partial charge in [0.05, 0.1) is 19.4 Å². The molecule has 2 heterocycles. The summed E-state index contributed by atoms with van der Waals surface area (Å²) in [6, 6.07) is 13.3. The van der Waals surface area contributed by atoms with Crippen LogP contribution in [0.4, 0.5) is 5.69 Å². The molecule has 2 aromatic carbocycles. The fourth-order valence-electron chi connectivity index (χ4n) is 3.93. The van der Waals surface area contributed by atoms with Crippen molar-refractivity contribution < 1.29 is 24.2 Å². The SMILES string of the molecule is CCCOc1ccc(C2CC(=O)Nc3c2sc(C(=O)O)c3-c2ccc(C)cc2)cc1OC. The van der Waals surface area contributed by atoms with Crippen molar-refractivity contribution in [3.8, 4) is 22.6 Å². The van der Waals surface area contributed by atoms with E-state index in [1.807, 2.05) is 56.3 Å². The number of carbonyl (C=O) groups is 2. The van der Waals surface area contributed by atoms with E-state index < -0.39 is 5.97 Å². The quantitative estimate of drug-likeness (QED) is 0.482. The highest BCUT2D eigenvalue weighted by atomic mass is 32.1. The van der Waals surface area contributed by atoms with E-state index in [9.17, 15) is 14.7 Å².